The maximum atomic E-state index is 5.04. The van der Waals surface area contributed by atoms with Crippen LogP contribution in [-0.4, -0.2) is 5.54 Å². The van der Waals surface area contributed by atoms with Crippen molar-refractivity contribution in [2.75, 3.05) is 0 Å². The minimum absolute atomic E-state index is 0.0695. The summed E-state index contributed by atoms with van der Waals surface area (Å²) >= 11 is -0.556. The molecule has 4 heteroatoms. The number of rotatable bonds is 4. The molecule has 4 aromatic rings. The van der Waals surface area contributed by atoms with Crippen LogP contribution in [0.15, 0.2) is 91.0 Å². The molecule has 0 aromatic heterocycles. The van der Waals surface area contributed by atoms with Gasteiger partial charge in [-0.1, -0.05) is 117 Å². The first-order valence-corrected chi connectivity index (χ1v) is 15.7. The monoisotopic (exact) mass is 520 g/mol. The predicted octanol–water partition coefficient (Wildman–Crippen LogP) is 9.57. The normalized spacial score (nSPS) is 14.7. The molecule has 1 atom stereocenters. The number of hydrogen-bond donors (Lipinski definition) is 0. The standard InChI is InChI=1S/C30H28N.2ClH.Ti/c1-30(2,3)31-20-28-24-15-9-7-13-22(24)17-18-26(28)29-25-16-10-8-14-23(25)19-27(29)21-11-5-4-6-12-21;;;/h4-19,29H,20H2,1-3H3;2*1H;/q-1;;;+2/p-2. The molecule has 0 heterocycles. The Morgan fingerprint density at radius 2 is 1.41 bits per heavy atom. The summed E-state index contributed by atoms with van der Waals surface area (Å²) in [5.74, 6) is 0.216. The summed E-state index contributed by atoms with van der Waals surface area (Å²) < 4.78 is 0. The van der Waals surface area contributed by atoms with E-state index in [1.165, 1.54) is 44.2 Å². The van der Waals surface area contributed by atoms with Crippen LogP contribution in [0.2, 0.25) is 0 Å². The van der Waals surface area contributed by atoms with Gasteiger partial charge in [0.1, 0.15) is 0 Å². The van der Waals surface area contributed by atoms with E-state index in [1.807, 2.05) is 0 Å². The fraction of sp³-hybridized carbons (Fsp3) is 0.200. The van der Waals surface area contributed by atoms with Gasteiger partial charge in [0.25, 0.3) is 0 Å². The predicted molar refractivity (Wildman–Crippen MR) is 145 cm³/mol. The molecule has 0 aliphatic heterocycles. The average Bonchev–Trinajstić information content (AvgIpc) is 3.22. The summed E-state index contributed by atoms with van der Waals surface area (Å²) in [7, 11) is 9.78. The number of allylic oxidation sites excluding steroid dienone is 1. The van der Waals surface area contributed by atoms with Crippen LogP contribution < -0.4 is 0 Å². The fourth-order valence-electron chi connectivity index (χ4n) is 4.66. The molecule has 34 heavy (non-hydrogen) atoms. The molecule has 0 saturated carbocycles. The second-order valence-electron chi connectivity index (χ2n) is 9.44. The van der Waals surface area contributed by atoms with Crippen LogP contribution in [0.1, 0.15) is 54.5 Å². The van der Waals surface area contributed by atoms with E-state index in [4.69, 9.17) is 23.9 Å². The molecule has 0 amide bonds. The van der Waals surface area contributed by atoms with Crippen molar-refractivity contribution in [3.63, 3.8) is 0 Å². The molecule has 0 fully saturated rings. The molecule has 0 radical (unpaired) electrons. The van der Waals surface area contributed by atoms with Gasteiger partial charge in [-0.15, -0.1) is 12.1 Å². The van der Waals surface area contributed by atoms with Crippen molar-refractivity contribution in [2.45, 2.75) is 38.8 Å². The van der Waals surface area contributed by atoms with E-state index in [1.54, 1.807) is 0 Å². The molecule has 1 unspecified atom stereocenters. The van der Waals surface area contributed by atoms with Crippen molar-refractivity contribution < 1.29 is 17.0 Å². The van der Waals surface area contributed by atoms with Gasteiger partial charge in [0.15, 0.2) is 0 Å². The van der Waals surface area contributed by atoms with Gasteiger partial charge in [0.2, 0.25) is 0 Å². The van der Waals surface area contributed by atoms with Crippen molar-refractivity contribution >= 4 is 41.0 Å². The summed E-state index contributed by atoms with van der Waals surface area (Å²) in [4.78, 5) is 0. The third-order valence-electron chi connectivity index (χ3n) is 6.14. The molecule has 5 rings (SSSR count). The summed E-state index contributed by atoms with van der Waals surface area (Å²) in [6.07, 6.45) is 2.37. The van der Waals surface area contributed by atoms with Gasteiger partial charge >= 0.3 is 35.6 Å². The second-order valence-corrected chi connectivity index (χ2v) is 12.0. The molecule has 0 bridgehead atoms. The van der Waals surface area contributed by atoms with E-state index in [2.05, 4.69) is 118 Å². The van der Waals surface area contributed by atoms with E-state index in [9.17, 15) is 0 Å². The summed E-state index contributed by atoms with van der Waals surface area (Å²) in [6.45, 7) is 7.26. The first kappa shape index (κ1) is 25.2. The molecule has 172 valence electrons. The number of benzene rings is 4. The van der Waals surface area contributed by atoms with Crippen molar-refractivity contribution in [3.05, 3.63) is 124 Å². The van der Waals surface area contributed by atoms with Crippen molar-refractivity contribution in [1.29, 1.82) is 0 Å². The molecule has 1 aliphatic carbocycles. The summed E-state index contributed by atoms with van der Waals surface area (Å²) in [5, 5.41) is 7.63. The Balaban J connectivity index is 0.000000868. The fourth-order valence-corrected chi connectivity index (χ4v) is 4.66. The van der Waals surface area contributed by atoms with Crippen LogP contribution in [-0.2, 0) is 23.6 Å². The van der Waals surface area contributed by atoms with E-state index >= 15 is 0 Å². The number of halogens is 2. The first-order chi connectivity index (χ1) is 16.4. The number of fused-ring (bicyclic) bond motifs is 2. The molecule has 1 nitrogen and oxygen atoms in total. The van der Waals surface area contributed by atoms with Crippen LogP contribution in [0.3, 0.4) is 0 Å². The SMILES string of the molecule is CC(C)(C)[N-]Cc1c(C2C(c3ccccc3)=Cc3ccccc32)ccc2ccccc12.[Cl][Ti][Cl]. The zero-order valence-electron chi connectivity index (χ0n) is 19.7. The third kappa shape index (κ3) is 5.68. The third-order valence-corrected chi connectivity index (χ3v) is 6.14. The van der Waals surface area contributed by atoms with E-state index in [0.29, 0.717) is 0 Å². The molecule has 1 aliphatic rings. The van der Waals surface area contributed by atoms with Crippen LogP contribution in [0.25, 0.3) is 27.7 Å². The molecule has 0 N–H and O–H groups in total. The Morgan fingerprint density at radius 1 is 0.765 bits per heavy atom. The van der Waals surface area contributed by atoms with Gasteiger partial charge in [0, 0.05) is 5.92 Å². The van der Waals surface area contributed by atoms with Crippen LogP contribution in [0, 0.1) is 0 Å². The minimum atomic E-state index is -0.556. The molecule has 4 aromatic carbocycles. The van der Waals surface area contributed by atoms with E-state index < -0.39 is 17.0 Å². The van der Waals surface area contributed by atoms with Crippen LogP contribution in [0.4, 0.5) is 0 Å². The van der Waals surface area contributed by atoms with Gasteiger partial charge in [0.05, 0.1) is 0 Å². The van der Waals surface area contributed by atoms with Crippen molar-refractivity contribution in [1.82, 2.24) is 0 Å². The Hall–Kier alpha value is -1.87. The first-order valence-electron chi connectivity index (χ1n) is 11.4. The van der Waals surface area contributed by atoms with Gasteiger partial charge in [-0.3, -0.25) is 0 Å². The molecule has 0 spiro atoms. The Kier molecular flexibility index (Phi) is 8.35. The average molecular weight is 521 g/mol. The zero-order chi connectivity index (χ0) is 24.1. The number of hydrogen-bond acceptors (Lipinski definition) is 0. The van der Waals surface area contributed by atoms with Crippen LogP contribution in [0.5, 0.6) is 0 Å². The van der Waals surface area contributed by atoms with E-state index in [0.717, 1.165) is 6.54 Å². The summed E-state index contributed by atoms with van der Waals surface area (Å²) in [5.41, 5.74) is 8.00. The Morgan fingerprint density at radius 3 is 2.15 bits per heavy atom. The second kappa shape index (κ2) is 11.2. The van der Waals surface area contributed by atoms with Gasteiger partial charge < -0.3 is 5.32 Å². The maximum absolute atomic E-state index is 5.04. The van der Waals surface area contributed by atoms with Gasteiger partial charge in [-0.05, 0) is 44.7 Å². The van der Waals surface area contributed by atoms with Crippen molar-refractivity contribution in [2.24, 2.45) is 0 Å². The molecular formula is C30H28Cl2NTi-. The summed E-state index contributed by atoms with van der Waals surface area (Å²) in [6, 6.07) is 32.9. The topological polar surface area (TPSA) is 14.1 Å². The Bertz CT molecular complexity index is 1290. The number of nitrogens with zero attached hydrogens (tertiary/aromatic N) is 1. The van der Waals surface area contributed by atoms with Gasteiger partial charge in [-0.2, -0.15) is 0 Å². The molecular weight excluding hydrogens is 493 g/mol. The quantitative estimate of drug-likeness (QED) is 0.238. The van der Waals surface area contributed by atoms with E-state index in [-0.39, 0.29) is 11.5 Å². The van der Waals surface area contributed by atoms with Crippen molar-refractivity contribution in [3.8, 4) is 0 Å². The molecule has 0 saturated heterocycles. The Labute approximate surface area is 219 Å². The van der Waals surface area contributed by atoms with Gasteiger partial charge in [-0.25, -0.2) is 0 Å². The zero-order valence-corrected chi connectivity index (χ0v) is 22.8. The van der Waals surface area contributed by atoms with Crippen LogP contribution >= 0.6 is 18.6 Å².